The third kappa shape index (κ3) is 4.57. The predicted octanol–water partition coefficient (Wildman–Crippen LogP) is 1.15. The summed E-state index contributed by atoms with van der Waals surface area (Å²) in [5.74, 6) is 1.39. The zero-order valence-corrected chi connectivity index (χ0v) is 11.2. The van der Waals surface area contributed by atoms with Crippen LogP contribution in [0.15, 0.2) is 6.20 Å². The van der Waals surface area contributed by atoms with Gasteiger partial charge in [0, 0.05) is 38.3 Å². The average molecular weight is 251 g/mol. The van der Waals surface area contributed by atoms with Gasteiger partial charge in [0.25, 0.3) is 0 Å². The molecule has 0 aliphatic heterocycles. The van der Waals surface area contributed by atoms with Gasteiger partial charge >= 0.3 is 0 Å². The summed E-state index contributed by atoms with van der Waals surface area (Å²) in [7, 11) is 1.77. The van der Waals surface area contributed by atoms with Crippen LogP contribution in [-0.2, 0) is 4.79 Å². The summed E-state index contributed by atoms with van der Waals surface area (Å²) < 4.78 is 0. The molecule has 18 heavy (non-hydrogen) atoms. The number of carbonyl (C=O) groups excluding carboxylic acids is 1. The van der Waals surface area contributed by atoms with Gasteiger partial charge in [0.1, 0.15) is 5.82 Å². The van der Waals surface area contributed by atoms with E-state index in [2.05, 4.69) is 25.9 Å². The number of carbonyl (C=O) groups is 1. The summed E-state index contributed by atoms with van der Waals surface area (Å²) in [5.41, 5.74) is 0.961. The molecule has 6 heteroatoms. The highest BCUT2D eigenvalue weighted by Crippen LogP contribution is 2.11. The maximum atomic E-state index is 11.4. The number of aromatic nitrogens is 2. The second-order valence-corrected chi connectivity index (χ2v) is 4.00. The van der Waals surface area contributed by atoms with E-state index in [1.54, 1.807) is 13.2 Å². The van der Waals surface area contributed by atoms with Gasteiger partial charge in [0.15, 0.2) is 0 Å². The van der Waals surface area contributed by atoms with Crippen LogP contribution in [0.5, 0.6) is 0 Å². The predicted molar refractivity (Wildman–Crippen MR) is 72.7 cm³/mol. The van der Waals surface area contributed by atoms with Crippen LogP contribution in [0.4, 0.5) is 11.8 Å². The van der Waals surface area contributed by atoms with Gasteiger partial charge in [-0.2, -0.15) is 4.98 Å². The van der Waals surface area contributed by atoms with Gasteiger partial charge in [-0.1, -0.05) is 6.92 Å². The van der Waals surface area contributed by atoms with Crippen molar-refractivity contribution in [3.63, 3.8) is 0 Å². The molecular formula is C12H21N5O. The molecule has 0 bridgehead atoms. The lowest BCUT2D eigenvalue weighted by atomic mass is 10.3. The summed E-state index contributed by atoms with van der Waals surface area (Å²) in [6.45, 7) is 5.26. The molecule has 0 radical (unpaired) electrons. The Balaban J connectivity index is 2.41. The molecule has 0 aliphatic rings. The molecule has 3 N–H and O–H groups in total. The van der Waals surface area contributed by atoms with Crippen molar-refractivity contribution in [1.29, 1.82) is 0 Å². The first-order valence-corrected chi connectivity index (χ1v) is 6.19. The molecule has 0 unspecified atom stereocenters. The van der Waals surface area contributed by atoms with Crippen LogP contribution < -0.4 is 16.0 Å². The molecule has 0 aromatic carbocycles. The van der Waals surface area contributed by atoms with E-state index in [0.717, 1.165) is 24.3 Å². The fraction of sp³-hybridized carbons (Fsp3) is 0.583. The molecule has 1 amide bonds. The summed E-state index contributed by atoms with van der Waals surface area (Å²) in [5, 5.41) is 8.85. The third-order valence-electron chi connectivity index (χ3n) is 2.41. The first kappa shape index (κ1) is 14.2. The molecule has 0 saturated heterocycles. The van der Waals surface area contributed by atoms with Crippen molar-refractivity contribution < 1.29 is 4.79 Å². The molecule has 1 rings (SSSR count). The fourth-order valence-corrected chi connectivity index (χ4v) is 1.39. The van der Waals surface area contributed by atoms with Gasteiger partial charge in [-0.15, -0.1) is 0 Å². The SMILES string of the molecule is CCCNC(=O)CCNc1nc(NC)ncc1C. The number of hydrogen-bond donors (Lipinski definition) is 3. The Morgan fingerprint density at radius 1 is 1.39 bits per heavy atom. The third-order valence-corrected chi connectivity index (χ3v) is 2.41. The standard InChI is InChI=1S/C12H21N5O/c1-4-6-14-10(18)5-7-15-11-9(2)8-16-12(13-3)17-11/h8H,4-7H2,1-3H3,(H,14,18)(H2,13,15,16,17). The molecule has 0 saturated carbocycles. The van der Waals surface area contributed by atoms with Gasteiger partial charge in [-0.25, -0.2) is 4.98 Å². The minimum atomic E-state index is 0.0601. The number of anilines is 2. The lowest BCUT2D eigenvalue weighted by Crippen LogP contribution is -2.26. The number of amides is 1. The smallest absolute Gasteiger partial charge is 0.224 e. The van der Waals surface area contributed by atoms with Crippen LogP contribution >= 0.6 is 0 Å². The van der Waals surface area contributed by atoms with Crippen LogP contribution in [0.3, 0.4) is 0 Å². The molecule has 0 atom stereocenters. The Morgan fingerprint density at radius 2 is 2.17 bits per heavy atom. The van der Waals surface area contributed by atoms with Gasteiger partial charge in [0.2, 0.25) is 11.9 Å². The van der Waals surface area contributed by atoms with Crippen molar-refractivity contribution in [3.8, 4) is 0 Å². The Bertz CT molecular complexity index is 394. The van der Waals surface area contributed by atoms with E-state index in [0.29, 0.717) is 18.9 Å². The molecule has 0 aliphatic carbocycles. The van der Waals surface area contributed by atoms with Gasteiger partial charge in [-0.3, -0.25) is 4.79 Å². The molecule has 0 fully saturated rings. The largest absolute Gasteiger partial charge is 0.369 e. The quantitative estimate of drug-likeness (QED) is 0.677. The molecule has 0 spiro atoms. The van der Waals surface area contributed by atoms with E-state index in [1.807, 2.05) is 13.8 Å². The Morgan fingerprint density at radius 3 is 2.83 bits per heavy atom. The van der Waals surface area contributed by atoms with Crippen molar-refractivity contribution in [2.24, 2.45) is 0 Å². The first-order chi connectivity index (χ1) is 8.67. The number of nitrogens with zero attached hydrogens (tertiary/aromatic N) is 2. The molecule has 1 aromatic rings. The van der Waals surface area contributed by atoms with Crippen LogP contribution in [-0.4, -0.2) is 36.0 Å². The fourth-order valence-electron chi connectivity index (χ4n) is 1.39. The van der Waals surface area contributed by atoms with Crippen LogP contribution in [0.2, 0.25) is 0 Å². The van der Waals surface area contributed by atoms with E-state index in [1.165, 1.54) is 0 Å². The first-order valence-electron chi connectivity index (χ1n) is 6.19. The zero-order valence-electron chi connectivity index (χ0n) is 11.2. The normalized spacial score (nSPS) is 9.94. The zero-order chi connectivity index (χ0) is 13.4. The molecule has 100 valence electrons. The van der Waals surface area contributed by atoms with E-state index < -0.39 is 0 Å². The highest BCUT2D eigenvalue weighted by atomic mass is 16.1. The number of rotatable bonds is 7. The Kier molecular flexibility index (Phi) is 5.90. The van der Waals surface area contributed by atoms with Gasteiger partial charge in [-0.05, 0) is 13.3 Å². The average Bonchev–Trinajstić information content (AvgIpc) is 2.38. The highest BCUT2D eigenvalue weighted by Gasteiger charge is 2.04. The molecule has 6 nitrogen and oxygen atoms in total. The van der Waals surface area contributed by atoms with Gasteiger partial charge in [0.05, 0.1) is 0 Å². The molecular weight excluding hydrogens is 230 g/mol. The van der Waals surface area contributed by atoms with Crippen LogP contribution in [0.1, 0.15) is 25.3 Å². The number of aryl methyl sites for hydroxylation is 1. The van der Waals surface area contributed by atoms with Crippen LogP contribution in [0.25, 0.3) is 0 Å². The maximum Gasteiger partial charge on any atom is 0.224 e. The maximum absolute atomic E-state index is 11.4. The second kappa shape index (κ2) is 7.47. The van der Waals surface area contributed by atoms with Gasteiger partial charge < -0.3 is 16.0 Å². The van der Waals surface area contributed by atoms with E-state index in [-0.39, 0.29) is 5.91 Å². The minimum Gasteiger partial charge on any atom is -0.369 e. The van der Waals surface area contributed by atoms with Crippen LogP contribution in [0, 0.1) is 6.92 Å². The summed E-state index contributed by atoms with van der Waals surface area (Å²) in [6, 6.07) is 0. The lowest BCUT2D eigenvalue weighted by Gasteiger charge is -2.09. The van der Waals surface area contributed by atoms with Crippen molar-refractivity contribution in [3.05, 3.63) is 11.8 Å². The Labute approximate surface area is 108 Å². The number of hydrogen-bond acceptors (Lipinski definition) is 5. The summed E-state index contributed by atoms with van der Waals surface area (Å²) in [4.78, 5) is 19.8. The van der Waals surface area contributed by atoms with E-state index in [4.69, 9.17) is 0 Å². The topological polar surface area (TPSA) is 78.9 Å². The summed E-state index contributed by atoms with van der Waals surface area (Å²) >= 11 is 0. The minimum absolute atomic E-state index is 0.0601. The van der Waals surface area contributed by atoms with Crippen molar-refractivity contribution in [1.82, 2.24) is 15.3 Å². The highest BCUT2D eigenvalue weighted by molar-refractivity contribution is 5.76. The van der Waals surface area contributed by atoms with E-state index in [9.17, 15) is 4.79 Å². The molecule has 1 heterocycles. The Hall–Kier alpha value is -1.85. The van der Waals surface area contributed by atoms with Crippen molar-refractivity contribution in [2.45, 2.75) is 26.7 Å². The monoisotopic (exact) mass is 251 g/mol. The van der Waals surface area contributed by atoms with Crippen molar-refractivity contribution in [2.75, 3.05) is 30.8 Å². The van der Waals surface area contributed by atoms with Crippen molar-refractivity contribution >= 4 is 17.7 Å². The lowest BCUT2D eigenvalue weighted by molar-refractivity contribution is -0.120. The second-order valence-electron chi connectivity index (χ2n) is 4.00. The summed E-state index contributed by atoms with van der Waals surface area (Å²) in [6.07, 6.45) is 3.15. The van der Waals surface area contributed by atoms with E-state index >= 15 is 0 Å². The number of nitrogens with one attached hydrogen (secondary N) is 3. The molecule has 1 aromatic heterocycles.